The van der Waals surface area contributed by atoms with Crippen LogP contribution in [-0.2, 0) is 6.18 Å². The van der Waals surface area contributed by atoms with E-state index in [1.807, 2.05) is 12.1 Å². The van der Waals surface area contributed by atoms with E-state index in [1.165, 1.54) is 12.1 Å². The molecule has 0 amide bonds. The van der Waals surface area contributed by atoms with Crippen molar-refractivity contribution in [1.82, 2.24) is 15.0 Å². The van der Waals surface area contributed by atoms with Gasteiger partial charge in [0.25, 0.3) is 0 Å². The van der Waals surface area contributed by atoms with Gasteiger partial charge in [-0.2, -0.15) is 18.2 Å². The number of hydrogen-bond donors (Lipinski definition) is 1. The zero-order chi connectivity index (χ0) is 26.2. The Morgan fingerprint density at radius 2 is 1.92 bits per heavy atom. The number of likely N-dealkylation sites (N-methyl/N-ethyl adjacent to an activating group) is 1. The summed E-state index contributed by atoms with van der Waals surface area (Å²) in [5.41, 5.74) is 0.354. The second kappa shape index (κ2) is 10.1. The fourth-order valence-corrected chi connectivity index (χ4v) is 4.93. The van der Waals surface area contributed by atoms with Gasteiger partial charge in [-0.1, -0.05) is 11.6 Å². The Hall–Kier alpha value is -3.47. The Morgan fingerprint density at radius 3 is 2.65 bits per heavy atom. The zero-order valence-corrected chi connectivity index (χ0v) is 21.1. The highest BCUT2D eigenvalue weighted by atomic mass is 35.5. The molecular formula is C25H26ClF3N6O2. The number of nitrogens with zero attached hydrogens (tertiary/aromatic N) is 5. The molecule has 1 unspecified atom stereocenters. The van der Waals surface area contributed by atoms with Crippen LogP contribution in [-0.4, -0.2) is 54.8 Å². The minimum absolute atomic E-state index is 0.0152. The van der Waals surface area contributed by atoms with Gasteiger partial charge in [-0.25, -0.2) is 9.97 Å². The molecule has 1 fully saturated rings. The molecule has 37 heavy (non-hydrogen) atoms. The van der Waals surface area contributed by atoms with Crippen molar-refractivity contribution in [2.24, 2.45) is 0 Å². The van der Waals surface area contributed by atoms with Crippen LogP contribution < -0.4 is 24.6 Å². The lowest BCUT2D eigenvalue weighted by Gasteiger charge is -2.36. The van der Waals surface area contributed by atoms with Crippen molar-refractivity contribution in [3.8, 4) is 11.6 Å². The largest absolute Gasteiger partial charge is 0.486 e. The van der Waals surface area contributed by atoms with E-state index in [4.69, 9.17) is 21.1 Å². The molecule has 2 aromatic heterocycles. The number of ether oxygens (including phenoxy) is 2. The zero-order valence-electron chi connectivity index (χ0n) is 20.3. The Balaban J connectivity index is 1.30. The lowest BCUT2D eigenvalue weighted by atomic mass is 9.98. The van der Waals surface area contributed by atoms with Crippen molar-refractivity contribution in [2.45, 2.75) is 31.1 Å². The predicted molar refractivity (Wildman–Crippen MR) is 135 cm³/mol. The van der Waals surface area contributed by atoms with Gasteiger partial charge in [0.1, 0.15) is 6.61 Å². The first-order valence-corrected chi connectivity index (χ1v) is 12.2. The second-order valence-electron chi connectivity index (χ2n) is 9.01. The molecule has 12 heteroatoms. The van der Waals surface area contributed by atoms with Gasteiger partial charge in [0.05, 0.1) is 24.9 Å². The van der Waals surface area contributed by atoms with Crippen molar-refractivity contribution < 1.29 is 22.6 Å². The molecule has 0 bridgehead atoms. The van der Waals surface area contributed by atoms with Crippen LogP contribution in [0.3, 0.4) is 0 Å². The van der Waals surface area contributed by atoms with Crippen molar-refractivity contribution in [1.29, 1.82) is 0 Å². The number of hydrogen-bond acceptors (Lipinski definition) is 8. The molecule has 0 saturated carbocycles. The maximum Gasteiger partial charge on any atom is 0.416 e. The number of alkyl halides is 3. The van der Waals surface area contributed by atoms with Crippen LogP contribution in [0.25, 0.3) is 0 Å². The lowest BCUT2D eigenvalue weighted by Crippen LogP contribution is -2.39. The van der Waals surface area contributed by atoms with E-state index >= 15 is 0 Å². The van der Waals surface area contributed by atoms with Gasteiger partial charge >= 0.3 is 6.18 Å². The van der Waals surface area contributed by atoms with Crippen LogP contribution in [0.15, 0.2) is 42.7 Å². The third kappa shape index (κ3) is 5.31. The van der Waals surface area contributed by atoms with Crippen LogP contribution in [0.1, 0.15) is 30.0 Å². The van der Waals surface area contributed by atoms with Gasteiger partial charge in [-0.05, 0) is 42.7 Å². The number of rotatable bonds is 5. The SMILES string of the molecule is COc1cc(N2CCC(Nc3ncc4c(n3)N(C)C(c3cc(Cl)ccc3C(F)(F)F)CO4)CC2)ccn1. The smallest absolute Gasteiger partial charge is 0.416 e. The number of piperidine rings is 1. The van der Waals surface area contributed by atoms with Crippen LogP contribution >= 0.6 is 11.6 Å². The van der Waals surface area contributed by atoms with Gasteiger partial charge in [-0.3, -0.25) is 0 Å². The quantitative estimate of drug-likeness (QED) is 0.478. The summed E-state index contributed by atoms with van der Waals surface area (Å²) in [6, 6.07) is 6.89. The van der Waals surface area contributed by atoms with Gasteiger partial charge in [-0.15, -0.1) is 0 Å². The summed E-state index contributed by atoms with van der Waals surface area (Å²) in [6.07, 6.45) is 0.482. The summed E-state index contributed by atoms with van der Waals surface area (Å²) in [5, 5.41) is 3.60. The average Bonchev–Trinajstić information content (AvgIpc) is 2.89. The molecule has 8 nitrogen and oxygen atoms in total. The van der Waals surface area contributed by atoms with Gasteiger partial charge < -0.3 is 24.6 Å². The highest BCUT2D eigenvalue weighted by Gasteiger charge is 2.38. The Kier molecular flexibility index (Phi) is 6.89. The Morgan fingerprint density at radius 1 is 1.14 bits per heavy atom. The highest BCUT2D eigenvalue weighted by molar-refractivity contribution is 6.30. The summed E-state index contributed by atoms with van der Waals surface area (Å²) in [4.78, 5) is 17.1. The predicted octanol–water partition coefficient (Wildman–Crippen LogP) is 5.20. The summed E-state index contributed by atoms with van der Waals surface area (Å²) >= 11 is 6.06. The topological polar surface area (TPSA) is 75.6 Å². The van der Waals surface area contributed by atoms with E-state index in [1.54, 1.807) is 31.5 Å². The molecule has 2 aliphatic rings. The molecule has 4 heterocycles. The third-order valence-electron chi connectivity index (χ3n) is 6.73. The molecule has 5 rings (SSSR count). The molecule has 1 aromatic carbocycles. The Labute approximate surface area is 217 Å². The lowest BCUT2D eigenvalue weighted by molar-refractivity contribution is -0.138. The average molecular weight is 535 g/mol. The maximum atomic E-state index is 13.7. The molecule has 0 radical (unpaired) electrons. The van der Waals surface area contributed by atoms with Gasteiger partial charge in [0.15, 0.2) is 11.6 Å². The standard InChI is InChI=1S/C25H26ClF3N6O2/c1-34-20(18-11-15(26)3-4-19(18)25(27,28)29)14-37-21-13-31-24(33-23(21)34)32-16-6-9-35(10-7-16)17-5-8-30-22(12-17)36-2/h3-5,8,11-13,16,20H,6-7,9-10,14H2,1-2H3,(H,31,32,33). The fourth-order valence-electron chi connectivity index (χ4n) is 4.75. The van der Waals surface area contributed by atoms with Crippen LogP contribution in [0.2, 0.25) is 5.02 Å². The highest BCUT2D eigenvalue weighted by Crippen LogP contribution is 2.42. The molecular weight excluding hydrogens is 509 g/mol. The number of nitrogens with one attached hydrogen (secondary N) is 1. The number of halogens is 4. The third-order valence-corrected chi connectivity index (χ3v) is 6.97. The molecule has 3 aromatic rings. The van der Waals surface area contributed by atoms with E-state index in [0.717, 1.165) is 37.7 Å². The number of methoxy groups -OCH3 is 1. The van der Waals surface area contributed by atoms with E-state index in [9.17, 15) is 13.2 Å². The molecule has 1 N–H and O–H groups in total. The first kappa shape index (κ1) is 25.2. The van der Waals surface area contributed by atoms with Crippen LogP contribution in [0.4, 0.5) is 30.6 Å². The number of fused-ring (bicyclic) bond motifs is 1. The number of anilines is 3. The minimum Gasteiger partial charge on any atom is -0.486 e. The molecule has 0 spiro atoms. The molecule has 1 atom stereocenters. The molecule has 1 saturated heterocycles. The van der Waals surface area contributed by atoms with Crippen molar-refractivity contribution >= 4 is 29.1 Å². The normalized spacial score (nSPS) is 18.3. The monoisotopic (exact) mass is 534 g/mol. The number of benzene rings is 1. The first-order chi connectivity index (χ1) is 17.7. The van der Waals surface area contributed by atoms with E-state index in [-0.39, 0.29) is 23.2 Å². The summed E-state index contributed by atoms with van der Waals surface area (Å²) in [6.45, 7) is 1.67. The van der Waals surface area contributed by atoms with Crippen LogP contribution in [0, 0.1) is 0 Å². The fraction of sp³-hybridized carbons (Fsp3) is 0.400. The van der Waals surface area contributed by atoms with Crippen molar-refractivity contribution in [3.63, 3.8) is 0 Å². The second-order valence-corrected chi connectivity index (χ2v) is 9.45. The van der Waals surface area contributed by atoms with E-state index < -0.39 is 17.8 Å². The van der Waals surface area contributed by atoms with E-state index in [2.05, 4.69) is 25.2 Å². The molecule has 196 valence electrons. The number of aromatic nitrogens is 3. The maximum absolute atomic E-state index is 13.7. The van der Waals surface area contributed by atoms with Gasteiger partial charge in [0.2, 0.25) is 11.8 Å². The molecule has 0 aliphatic carbocycles. The summed E-state index contributed by atoms with van der Waals surface area (Å²) in [7, 11) is 3.29. The van der Waals surface area contributed by atoms with Crippen molar-refractivity contribution in [2.75, 3.05) is 49.0 Å². The van der Waals surface area contributed by atoms with Gasteiger partial charge in [0, 0.05) is 49.2 Å². The van der Waals surface area contributed by atoms with Crippen LogP contribution in [0.5, 0.6) is 11.6 Å². The summed E-state index contributed by atoms with van der Waals surface area (Å²) in [5.74, 6) is 1.82. The van der Waals surface area contributed by atoms with E-state index in [0.29, 0.717) is 23.4 Å². The van der Waals surface area contributed by atoms with Crippen molar-refractivity contribution in [3.05, 3.63) is 58.9 Å². The first-order valence-electron chi connectivity index (χ1n) is 11.8. The molecule has 2 aliphatic heterocycles. The summed E-state index contributed by atoms with van der Waals surface area (Å²) < 4.78 is 52.1. The minimum atomic E-state index is -4.52. The Bertz CT molecular complexity index is 1270. The number of pyridine rings is 1.